The third kappa shape index (κ3) is 2.57. The second kappa shape index (κ2) is 5.04. The molecule has 0 aromatic carbocycles. The van der Waals surface area contributed by atoms with E-state index in [1.54, 1.807) is 0 Å². The highest BCUT2D eigenvalue weighted by molar-refractivity contribution is 5.10. The molecular formula is C10H18N2O. The summed E-state index contributed by atoms with van der Waals surface area (Å²) in [5.74, 6) is 0. The van der Waals surface area contributed by atoms with Crippen LogP contribution in [0.4, 0.5) is 0 Å². The van der Waals surface area contributed by atoms with Crippen molar-refractivity contribution in [2.24, 2.45) is 0 Å². The molecule has 1 aromatic rings. The van der Waals surface area contributed by atoms with Gasteiger partial charge < -0.3 is 14.6 Å². The summed E-state index contributed by atoms with van der Waals surface area (Å²) in [6, 6.07) is 4.53. The Hall–Kier alpha value is -0.800. The van der Waals surface area contributed by atoms with Crippen molar-refractivity contribution in [1.82, 2.24) is 9.88 Å². The predicted molar refractivity (Wildman–Crippen MR) is 53.5 cm³/mol. The van der Waals surface area contributed by atoms with Crippen LogP contribution in [0.2, 0.25) is 0 Å². The molecule has 1 N–H and O–H groups in total. The molecule has 0 aliphatic rings. The number of hydrogen-bond acceptors (Lipinski definition) is 2. The largest absolute Gasteiger partial charge is 0.361 e. The molecule has 1 heterocycles. The highest BCUT2D eigenvalue weighted by Crippen LogP contribution is 2.12. The van der Waals surface area contributed by atoms with Crippen LogP contribution in [0.3, 0.4) is 0 Å². The minimum absolute atomic E-state index is 0.371. The standard InChI is InChI=1S/C10H18N2O/c1-4-13-8-12-7-5-6-10(12)9(2)11-3/h5-7,9,11H,4,8H2,1-3H3. The van der Waals surface area contributed by atoms with Crippen molar-refractivity contribution in [3.63, 3.8) is 0 Å². The number of rotatable bonds is 5. The summed E-state index contributed by atoms with van der Waals surface area (Å²) < 4.78 is 7.46. The fourth-order valence-corrected chi connectivity index (χ4v) is 1.28. The number of ether oxygens (including phenoxy) is 1. The Kier molecular flexibility index (Phi) is 3.99. The molecule has 0 spiro atoms. The zero-order chi connectivity index (χ0) is 9.68. The summed E-state index contributed by atoms with van der Waals surface area (Å²) in [4.78, 5) is 0. The van der Waals surface area contributed by atoms with Crippen LogP contribution in [0, 0.1) is 0 Å². The SMILES string of the molecule is CCOCn1cccc1C(C)NC. The molecule has 0 saturated carbocycles. The molecular weight excluding hydrogens is 164 g/mol. The summed E-state index contributed by atoms with van der Waals surface area (Å²) in [7, 11) is 1.96. The van der Waals surface area contributed by atoms with Gasteiger partial charge in [0.2, 0.25) is 0 Å². The molecule has 1 unspecified atom stereocenters. The van der Waals surface area contributed by atoms with Crippen LogP contribution in [0.1, 0.15) is 25.6 Å². The molecule has 13 heavy (non-hydrogen) atoms. The summed E-state index contributed by atoms with van der Waals surface area (Å²) in [6.07, 6.45) is 2.04. The first kappa shape index (κ1) is 10.3. The van der Waals surface area contributed by atoms with Crippen molar-refractivity contribution >= 4 is 0 Å². The molecule has 0 radical (unpaired) electrons. The van der Waals surface area contributed by atoms with Gasteiger partial charge in [0.1, 0.15) is 6.73 Å². The molecule has 0 bridgehead atoms. The van der Waals surface area contributed by atoms with Crippen LogP contribution in [0.5, 0.6) is 0 Å². The van der Waals surface area contributed by atoms with Crippen molar-refractivity contribution in [1.29, 1.82) is 0 Å². The first-order valence-corrected chi connectivity index (χ1v) is 4.69. The van der Waals surface area contributed by atoms with Crippen LogP contribution in [-0.4, -0.2) is 18.2 Å². The fourth-order valence-electron chi connectivity index (χ4n) is 1.28. The maximum absolute atomic E-state index is 5.35. The van der Waals surface area contributed by atoms with Crippen LogP contribution in [0.15, 0.2) is 18.3 Å². The zero-order valence-corrected chi connectivity index (χ0v) is 8.58. The molecule has 1 rings (SSSR count). The van der Waals surface area contributed by atoms with E-state index in [0.717, 1.165) is 6.61 Å². The minimum Gasteiger partial charge on any atom is -0.361 e. The van der Waals surface area contributed by atoms with Gasteiger partial charge in [-0.2, -0.15) is 0 Å². The first-order chi connectivity index (χ1) is 6.29. The van der Waals surface area contributed by atoms with E-state index in [1.807, 2.05) is 26.2 Å². The monoisotopic (exact) mass is 182 g/mol. The molecule has 3 heteroatoms. The topological polar surface area (TPSA) is 26.2 Å². The third-order valence-corrected chi connectivity index (χ3v) is 2.18. The smallest absolute Gasteiger partial charge is 0.122 e. The van der Waals surface area contributed by atoms with Crippen LogP contribution in [0.25, 0.3) is 0 Å². The second-order valence-corrected chi connectivity index (χ2v) is 3.04. The van der Waals surface area contributed by atoms with Crippen molar-refractivity contribution in [2.45, 2.75) is 26.6 Å². The Morgan fingerprint density at radius 1 is 1.62 bits per heavy atom. The maximum Gasteiger partial charge on any atom is 0.122 e. The van der Waals surface area contributed by atoms with Gasteiger partial charge in [0.05, 0.1) is 0 Å². The number of aromatic nitrogens is 1. The number of nitrogens with one attached hydrogen (secondary N) is 1. The van der Waals surface area contributed by atoms with Crippen molar-refractivity contribution < 1.29 is 4.74 Å². The third-order valence-electron chi connectivity index (χ3n) is 2.18. The quantitative estimate of drug-likeness (QED) is 0.751. The van der Waals surface area contributed by atoms with Gasteiger partial charge in [-0.05, 0) is 33.0 Å². The molecule has 0 saturated heterocycles. The van der Waals surface area contributed by atoms with Crippen molar-refractivity contribution in [3.05, 3.63) is 24.0 Å². The van der Waals surface area contributed by atoms with Gasteiger partial charge >= 0.3 is 0 Å². The molecule has 0 aliphatic carbocycles. The molecule has 1 aromatic heterocycles. The Morgan fingerprint density at radius 2 is 2.38 bits per heavy atom. The zero-order valence-electron chi connectivity index (χ0n) is 8.58. The summed E-state index contributed by atoms with van der Waals surface area (Å²) in [5.41, 5.74) is 1.26. The average Bonchev–Trinajstić information content (AvgIpc) is 2.61. The summed E-state index contributed by atoms with van der Waals surface area (Å²) in [6.45, 7) is 5.54. The minimum atomic E-state index is 0.371. The molecule has 1 atom stereocenters. The lowest BCUT2D eigenvalue weighted by Crippen LogP contribution is -2.17. The Morgan fingerprint density at radius 3 is 3.00 bits per heavy atom. The van der Waals surface area contributed by atoms with Crippen LogP contribution < -0.4 is 5.32 Å². The maximum atomic E-state index is 5.35. The normalized spacial score (nSPS) is 13.2. The number of hydrogen-bond donors (Lipinski definition) is 1. The van der Waals surface area contributed by atoms with Crippen LogP contribution in [-0.2, 0) is 11.5 Å². The predicted octanol–water partition coefficient (Wildman–Crippen LogP) is 1.76. The summed E-state index contributed by atoms with van der Waals surface area (Å²) >= 11 is 0. The molecule has 3 nitrogen and oxygen atoms in total. The second-order valence-electron chi connectivity index (χ2n) is 3.04. The van der Waals surface area contributed by atoms with Crippen molar-refractivity contribution in [2.75, 3.05) is 13.7 Å². The molecule has 74 valence electrons. The fraction of sp³-hybridized carbons (Fsp3) is 0.600. The summed E-state index contributed by atoms with van der Waals surface area (Å²) in [5, 5.41) is 3.21. The highest BCUT2D eigenvalue weighted by atomic mass is 16.5. The first-order valence-electron chi connectivity index (χ1n) is 4.69. The Balaban J connectivity index is 2.65. The molecule has 0 amide bonds. The lowest BCUT2D eigenvalue weighted by molar-refractivity contribution is 0.0853. The lowest BCUT2D eigenvalue weighted by Gasteiger charge is -2.14. The lowest BCUT2D eigenvalue weighted by atomic mass is 10.2. The average molecular weight is 182 g/mol. The van der Waals surface area contributed by atoms with E-state index < -0.39 is 0 Å². The van der Waals surface area contributed by atoms with E-state index in [2.05, 4.69) is 22.9 Å². The molecule has 0 fully saturated rings. The van der Waals surface area contributed by atoms with E-state index in [9.17, 15) is 0 Å². The molecule has 0 aliphatic heterocycles. The van der Waals surface area contributed by atoms with E-state index in [-0.39, 0.29) is 0 Å². The van der Waals surface area contributed by atoms with Gasteiger partial charge in [-0.15, -0.1) is 0 Å². The van der Waals surface area contributed by atoms with E-state index in [1.165, 1.54) is 5.69 Å². The Bertz CT molecular complexity index is 245. The Labute approximate surface area is 79.7 Å². The van der Waals surface area contributed by atoms with Crippen molar-refractivity contribution in [3.8, 4) is 0 Å². The van der Waals surface area contributed by atoms with Gasteiger partial charge in [0.25, 0.3) is 0 Å². The van der Waals surface area contributed by atoms with Gasteiger partial charge in [-0.1, -0.05) is 0 Å². The van der Waals surface area contributed by atoms with Crippen LogP contribution >= 0.6 is 0 Å². The van der Waals surface area contributed by atoms with Gasteiger partial charge in [-0.3, -0.25) is 0 Å². The highest BCUT2D eigenvalue weighted by Gasteiger charge is 2.06. The van der Waals surface area contributed by atoms with E-state index in [0.29, 0.717) is 12.8 Å². The van der Waals surface area contributed by atoms with Gasteiger partial charge in [0.15, 0.2) is 0 Å². The van der Waals surface area contributed by atoms with Gasteiger partial charge in [0, 0.05) is 24.5 Å². The number of nitrogens with zero attached hydrogens (tertiary/aromatic N) is 1. The van der Waals surface area contributed by atoms with E-state index in [4.69, 9.17) is 4.74 Å². The van der Waals surface area contributed by atoms with Gasteiger partial charge in [-0.25, -0.2) is 0 Å². The van der Waals surface area contributed by atoms with E-state index >= 15 is 0 Å².